The Bertz CT molecular complexity index is 965. The third-order valence-electron chi connectivity index (χ3n) is 3.93. The minimum atomic E-state index is -0.365. The molecule has 0 spiro atoms. The van der Waals surface area contributed by atoms with Crippen LogP contribution < -0.4 is 10.1 Å². The molecule has 0 saturated carbocycles. The summed E-state index contributed by atoms with van der Waals surface area (Å²) >= 11 is 1.26. The lowest BCUT2D eigenvalue weighted by Crippen LogP contribution is -2.19. The van der Waals surface area contributed by atoms with Gasteiger partial charge in [-0.15, -0.1) is 0 Å². The largest absolute Gasteiger partial charge is 0.494 e. The number of ether oxygens (including phenoxy) is 2. The standard InChI is InChI=1S/C21H20N2O4S/c1-4-27-20(25)15-8-6-14(7-9-15)12-18-19(24)23-21(28-18)22-16-11-13(2)5-10-17(16)26-3/h5-12H,4H2,1-3H3,(H,22,23,24)/b18-12-. The SMILES string of the molecule is CCOC(=O)c1ccc(/C=C2\SC(=Nc3cc(C)ccc3OC)NC2=O)cc1. The van der Waals surface area contributed by atoms with Gasteiger partial charge in [0.2, 0.25) is 0 Å². The van der Waals surface area contributed by atoms with Crippen LogP contribution in [0, 0.1) is 6.92 Å². The Morgan fingerprint density at radius 3 is 2.64 bits per heavy atom. The van der Waals surface area contributed by atoms with Gasteiger partial charge in [-0.2, -0.15) is 0 Å². The maximum Gasteiger partial charge on any atom is 0.338 e. The number of benzene rings is 2. The first-order valence-corrected chi connectivity index (χ1v) is 9.53. The first-order valence-electron chi connectivity index (χ1n) is 8.71. The Hall–Kier alpha value is -3.06. The van der Waals surface area contributed by atoms with Crippen molar-refractivity contribution in [1.29, 1.82) is 0 Å². The molecule has 0 aliphatic carbocycles. The number of methoxy groups -OCH3 is 1. The number of hydrogen-bond acceptors (Lipinski definition) is 6. The molecule has 28 heavy (non-hydrogen) atoms. The molecule has 1 amide bonds. The molecule has 0 radical (unpaired) electrons. The van der Waals surface area contributed by atoms with Gasteiger partial charge in [-0.1, -0.05) is 18.2 Å². The lowest BCUT2D eigenvalue weighted by atomic mass is 10.1. The van der Waals surface area contributed by atoms with Crippen molar-refractivity contribution in [3.63, 3.8) is 0 Å². The summed E-state index contributed by atoms with van der Waals surface area (Å²) in [5.41, 5.74) is 2.98. The van der Waals surface area contributed by atoms with Gasteiger partial charge in [0.05, 0.1) is 24.2 Å². The first-order chi connectivity index (χ1) is 13.5. The molecule has 2 aromatic carbocycles. The van der Waals surface area contributed by atoms with Crippen molar-refractivity contribution in [3.05, 3.63) is 64.1 Å². The molecule has 6 nitrogen and oxygen atoms in total. The monoisotopic (exact) mass is 396 g/mol. The van der Waals surface area contributed by atoms with Gasteiger partial charge in [0.15, 0.2) is 5.17 Å². The predicted molar refractivity (Wildman–Crippen MR) is 111 cm³/mol. The Morgan fingerprint density at radius 2 is 1.96 bits per heavy atom. The van der Waals surface area contributed by atoms with E-state index in [1.54, 1.807) is 44.4 Å². The van der Waals surface area contributed by atoms with Crippen molar-refractivity contribution in [3.8, 4) is 5.75 Å². The van der Waals surface area contributed by atoms with Crippen LogP contribution in [0.5, 0.6) is 5.75 Å². The van der Waals surface area contributed by atoms with Crippen molar-refractivity contribution >= 4 is 40.6 Å². The molecule has 0 unspecified atom stereocenters. The van der Waals surface area contributed by atoms with E-state index in [4.69, 9.17) is 9.47 Å². The van der Waals surface area contributed by atoms with E-state index in [-0.39, 0.29) is 11.9 Å². The van der Waals surface area contributed by atoms with Crippen molar-refractivity contribution in [2.75, 3.05) is 13.7 Å². The fourth-order valence-corrected chi connectivity index (χ4v) is 3.39. The predicted octanol–water partition coefficient (Wildman–Crippen LogP) is 4.07. The Morgan fingerprint density at radius 1 is 1.21 bits per heavy atom. The summed E-state index contributed by atoms with van der Waals surface area (Å²) < 4.78 is 10.3. The second kappa shape index (κ2) is 8.75. The quantitative estimate of drug-likeness (QED) is 0.609. The molecule has 1 fully saturated rings. The molecule has 7 heteroatoms. The van der Waals surface area contributed by atoms with Gasteiger partial charge < -0.3 is 14.8 Å². The molecule has 1 N–H and O–H groups in total. The van der Waals surface area contributed by atoms with E-state index in [1.165, 1.54) is 11.8 Å². The maximum atomic E-state index is 12.3. The van der Waals surface area contributed by atoms with E-state index in [1.807, 2.05) is 25.1 Å². The molecule has 144 valence electrons. The molecule has 1 saturated heterocycles. The number of amidine groups is 1. The van der Waals surface area contributed by atoms with Gasteiger partial charge >= 0.3 is 5.97 Å². The number of thioether (sulfide) groups is 1. The molecular weight excluding hydrogens is 376 g/mol. The zero-order valence-electron chi connectivity index (χ0n) is 15.8. The Kier molecular flexibility index (Phi) is 6.16. The van der Waals surface area contributed by atoms with Gasteiger partial charge in [0.1, 0.15) is 11.4 Å². The highest BCUT2D eigenvalue weighted by Gasteiger charge is 2.24. The molecular formula is C21H20N2O4S. The van der Waals surface area contributed by atoms with Gasteiger partial charge in [0.25, 0.3) is 5.91 Å². The fourth-order valence-electron chi connectivity index (χ4n) is 2.56. The Balaban J connectivity index is 1.79. The summed E-state index contributed by atoms with van der Waals surface area (Å²) in [7, 11) is 1.58. The van der Waals surface area contributed by atoms with E-state index in [0.717, 1.165) is 11.1 Å². The van der Waals surface area contributed by atoms with Gasteiger partial charge in [-0.3, -0.25) is 4.79 Å². The molecule has 0 aromatic heterocycles. The van der Waals surface area contributed by atoms with E-state index < -0.39 is 0 Å². The van der Waals surface area contributed by atoms with Gasteiger partial charge in [0, 0.05) is 0 Å². The number of aryl methyl sites for hydroxylation is 1. The number of nitrogens with zero attached hydrogens (tertiary/aromatic N) is 1. The summed E-state index contributed by atoms with van der Waals surface area (Å²) in [6.07, 6.45) is 1.75. The van der Waals surface area contributed by atoms with Gasteiger partial charge in [-0.25, -0.2) is 9.79 Å². The van der Waals surface area contributed by atoms with Crippen LogP contribution in [-0.2, 0) is 9.53 Å². The number of nitrogens with one attached hydrogen (secondary N) is 1. The van der Waals surface area contributed by atoms with E-state index >= 15 is 0 Å². The molecule has 2 aromatic rings. The van der Waals surface area contributed by atoms with Crippen LogP contribution in [0.3, 0.4) is 0 Å². The number of amides is 1. The van der Waals surface area contributed by atoms with Crippen LogP contribution in [0.1, 0.15) is 28.4 Å². The summed E-state index contributed by atoms with van der Waals surface area (Å²) in [4.78, 5) is 29.0. The van der Waals surface area contributed by atoms with Gasteiger partial charge in [-0.05, 0) is 67.1 Å². The minimum absolute atomic E-state index is 0.218. The summed E-state index contributed by atoms with van der Waals surface area (Å²) in [5, 5.41) is 3.26. The first kappa shape index (κ1) is 19.7. The normalized spacial score (nSPS) is 16.3. The number of carbonyl (C=O) groups is 2. The third-order valence-corrected chi connectivity index (χ3v) is 4.84. The number of esters is 1. The topological polar surface area (TPSA) is 77.0 Å². The zero-order valence-corrected chi connectivity index (χ0v) is 16.6. The average molecular weight is 396 g/mol. The summed E-state index contributed by atoms with van der Waals surface area (Å²) in [6, 6.07) is 12.6. The molecule has 1 heterocycles. The third kappa shape index (κ3) is 4.61. The van der Waals surface area contributed by atoms with Crippen molar-refractivity contribution < 1.29 is 19.1 Å². The lowest BCUT2D eigenvalue weighted by molar-refractivity contribution is -0.115. The second-order valence-corrected chi connectivity index (χ2v) is 7.03. The number of hydrogen-bond donors (Lipinski definition) is 1. The van der Waals surface area contributed by atoms with Crippen molar-refractivity contribution in [2.45, 2.75) is 13.8 Å². The fraction of sp³-hybridized carbons (Fsp3) is 0.190. The summed E-state index contributed by atoms with van der Waals surface area (Å²) in [5.74, 6) is 0.0565. The van der Waals surface area contributed by atoms with Crippen LogP contribution >= 0.6 is 11.8 Å². The maximum absolute atomic E-state index is 12.3. The van der Waals surface area contributed by atoms with Crippen LogP contribution in [0.25, 0.3) is 6.08 Å². The lowest BCUT2D eigenvalue weighted by Gasteiger charge is -2.05. The van der Waals surface area contributed by atoms with Crippen LogP contribution in [0.2, 0.25) is 0 Å². The van der Waals surface area contributed by atoms with Crippen LogP contribution in [0.15, 0.2) is 52.4 Å². The molecule has 0 atom stereocenters. The average Bonchev–Trinajstić information content (AvgIpc) is 3.01. The van der Waals surface area contributed by atoms with Crippen LogP contribution in [-0.4, -0.2) is 30.8 Å². The Labute approximate surface area is 167 Å². The van der Waals surface area contributed by atoms with E-state index in [0.29, 0.717) is 33.7 Å². The number of carbonyl (C=O) groups excluding carboxylic acids is 2. The molecule has 3 rings (SSSR count). The zero-order chi connectivity index (χ0) is 20.1. The molecule has 0 bridgehead atoms. The van der Waals surface area contributed by atoms with Crippen molar-refractivity contribution in [2.24, 2.45) is 4.99 Å². The minimum Gasteiger partial charge on any atom is -0.494 e. The van der Waals surface area contributed by atoms with E-state index in [9.17, 15) is 9.59 Å². The second-order valence-electron chi connectivity index (χ2n) is 6.00. The number of aliphatic imine (C=N–C) groups is 1. The number of rotatable bonds is 5. The van der Waals surface area contributed by atoms with Crippen molar-refractivity contribution in [1.82, 2.24) is 5.32 Å². The van der Waals surface area contributed by atoms with Crippen LogP contribution in [0.4, 0.5) is 5.69 Å². The smallest absolute Gasteiger partial charge is 0.338 e. The molecule has 1 aliphatic heterocycles. The summed E-state index contributed by atoms with van der Waals surface area (Å²) in [6.45, 7) is 4.06. The van der Waals surface area contributed by atoms with E-state index in [2.05, 4.69) is 10.3 Å². The molecule has 1 aliphatic rings. The highest BCUT2D eigenvalue weighted by atomic mass is 32.2. The highest BCUT2D eigenvalue weighted by Crippen LogP contribution is 2.32. The highest BCUT2D eigenvalue weighted by molar-refractivity contribution is 8.18.